The molecule has 2 rings (SSSR count). The molecule has 76 valence electrons. The largest absolute Gasteiger partial charge is 0.348 e. The molecule has 0 spiro atoms. The van der Waals surface area contributed by atoms with Gasteiger partial charge in [-0.25, -0.2) is 15.0 Å². The van der Waals surface area contributed by atoms with Gasteiger partial charge < -0.3 is 4.98 Å². The predicted octanol–water partition coefficient (Wildman–Crippen LogP) is 0.760. The van der Waals surface area contributed by atoms with E-state index in [1.165, 1.54) is 6.33 Å². The van der Waals surface area contributed by atoms with Gasteiger partial charge in [0.05, 0.1) is 6.33 Å². The molecule has 2 aromatic heterocycles. The molecule has 0 aromatic carbocycles. The molecular weight excluding hydrogens is 194 g/mol. The van der Waals surface area contributed by atoms with Crippen molar-refractivity contribution in [1.29, 1.82) is 0 Å². The molecule has 15 heavy (non-hydrogen) atoms. The van der Waals surface area contributed by atoms with Crippen molar-refractivity contribution >= 4 is 11.9 Å². The van der Waals surface area contributed by atoms with Crippen molar-refractivity contribution in [3.8, 4) is 0 Å². The van der Waals surface area contributed by atoms with E-state index in [1.807, 2.05) is 0 Å². The molecule has 0 aliphatic carbocycles. The van der Waals surface area contributed by atoms with Gasteiger partial charge in [0.2, 0.25) is 5.95 Å². The molecule has 0 fully saturated rings. The minimum Gasteiger partial charge on any atom is -0.348 e. The minimum absolute atomic E-state index is 0.268. The van der Waals surface area contributed by atoms with E-state index in [4.69, 9.17) is 0 Å². The molecule has 0 atom stereocenters. The van der Waals surface area contributed by atoms with Crippen LogP contribution in [0.5, 0.6) is 0 Å². The summed E-state index contributed by atoms with van der Waals surface area (Å²) < 4.78 is 0. The van der Waals surface area contributed by atoms with Crippen molar-refractivity contribution in [2.45, 2.75) is 6.92 Å². The van der Waals surface area contributed by atoms with Gasteiger partial charge in [-0.2, -0.15) is 0 Å². The molecule has 2 aromatic rings. The van der Waals surface area contributed by atoms with E-state index in [2.05, 4.69) is 25.3 Å². The number of nitrogens with one attached hydrogen (secondary N) is 2. The summed E-state index contributed by atoms with van der Waals surface area (Å²) in [4.78, 5) is 26.1. The van der Waals surface area contributed by atoms with Crippen LogP contribution in [-0.2, 0) is 0 Å². The molecule has 2 N–H and O–H groups in total. The van der Waals surface area contributed by atoms with Crippen LogP contribution in [0.25, 0.3) is 0 Å². The van der Waals surface area contributed by atoms with E-state index in [0.717, 1.165) is 0 Å². The Kier molecular flexibility index (Phi) is 2.40. The van der Waals surface area contributed by atoms with Gasteiger partial charge in [0.25, 0.3) is 5.91 Å². The van der Waals surface area contributed by atoms with Gasteiger partial charge in [-0.1, -0.05) is 0 Å². The first kappa shape index (κ1) is 9.32. The third-order valence-electron chi connectivity index (χ3n) is 1.84. The Morgan fingerprint density at radius 1 is 1.33 bits per heavy atom. The standard InChI is InChI=1S/C9H9N5O/c1-6-7(13-5-12-6)8(15)14-9-10-3-2-4-11-9/h2-5H,1H3,(H,12,13)(H,10,11,14,15). The number of hydrogen-bond acceptors (Lipinski definition) is 4. The first-order chi connectivity index (χ1) is 7.27. The van der Waals surface area contributed by atoms with Crippen molar-refractivity contribution in [3.63, 3.8) is 0 Å². The highest BCUT2D eigenvalue weighted by Gasteiger charge is 2.12. The SMILES string of the molecule is Cc1[nH]cnc1C(=O)Nc1ncccn1. The molecule has 2 heterocycles. The van der Waals surface area contributed by atoms with Crippen LogP contribution >= 0.6 is 0 Å². The number of imidazole rings is 1. The lowest BCUT2D eigenvalue weighted by atomic mass is 10.3. The van der Waals surface area contributed by atoms with Crippen LogP contribution in [0.1, 0.15) is 16.2 Å². The lowest BCUT2D eigenvalue weighted by Gasteiger charge is -2.00. The Balaban J connectivity index is 2.15. The number of H-pyrrole nitrogens is 1. The molecule has 0 aliphatic rings. The zero-order valence-corrected chi connectivity index (χ0v) is 8.06. The summed E-state index contributed by atoms with van der Waals surface area (Å²) in [5, 5.41) is 2.54. The monoisotopic (exact) mass is 203 g/mol. The number of nitrogens with zero attached hydrogens (tertiary/aromatic N) is 3. The summed E-state index contributed by atoms with van der Waals surface area (Å²) in [6, 6.07) is 1.68. The molecule has 0 unspecified atom stereocenters. The number of anilines is 1. The number of aromatic nitrogens is 4. The molecule has 0 radical (unpaired) electrons. The average Bonchev–Trinajstić information content (AvgIpc) is 2.66. The zero-order chi connectivity index (χ0) is 10.7. The van der Waals surface area contributed by atoms with Crippen molar-refractivity contribution in [2.75, 3.05) is 5.32 Å². The quantitative estimate of drug-likeness (QED) is 0.754. The summed E-state index contributed by atoms with van der Waals surface area (Å²) in [5.74, 6) is -0.0511. The smallest absolute Gasteiger partial charge is 0.278 e. The van der Waals surface area contributed by atoms with E-state index in [-0.39, 0.29) is 11.9 Å². The molecule has 0 bridgehead atoms. The highest BCUT2D eigenvalue weighted by molar-refractivity contribution is 6.02. The van der Waals surface area contributed by atoms with Crippen LogP contribution in [0.15, 0.2) is 24.8 Å². The van der Waals surface area contributed by atoms with Gasteiger partial charge >= 0.3 is 0 Å². The number of carbonyl (C=O) groups is 1. The fourth-order valence-electron chi connectivity index (χ4n) is 1.11. The van der Waals surface area contributed by atoms with E-state index < -0.39 is 0 Å². The third kappa shape index (κ3) is 1.98. The Labute approximate surface area is 85.8 Å². The van der Waals surface area contributed by atoms with Crippen LogP contribution in [0.4, 0.5) is 5.95 Å². The molecule has 6 heteroatoms. The number of hydrogen-bond donors (Lipinski definition) is 2. The number of aryl methyl sites for hydroxylation is 1. The average molecular weight is 203 g/mol. The fourth-order valence-corrected chi connectivity index (χ4v) is 1.11. The highest BCUT2D eigenvalue weighted by Crippen LogP contribution is 2.03. The van der Waals surface area contributed by atoms with Crippen LogP contribution < -0.4 is 5.32 Å². The Bertz CT molecular complexity index is 464. The zero-order valence-electron chi connectivity index (χ0n) is 8.06. The lowest BCUT2D eigenvalue weighted by molar-refractivity contribution is 0.102. The summed E-state index contributed by atoms with van der Waals surface area (Å²) in [6.07, 6.45) is 4.58. The number of aromatic amines is 1. The van der Waals surface area contributed by atoms with Gasteiger partial charge in [0.15, 0.2) is 0 Å². The van der Waals surface area contributed by atoms with Crippen molar-refractivity contribution in [2.24, 2.45) is 0 Å². The summed E-state index contributed by atoms with van der Waals surface area (Å²) in [7, 11) is 0. The van der Waals surface area contributed by atoms with Crippen molar-refractivity contribution < 1.29 is 4.79 Å². The first-order valence-electron chi connectivity index (χ1n) is 4.35. The van der Waals surface area contributed by atoms with Crippen LogP contribution in [0, 0.1) is 6.92 Å². The third-order valence-corrected chi connectivity index (χ3v) is 1.84. The molecule has 0 saturated heterocycles. The van der Waals surface area contributed by atoms with E-state index in [9.17, 15) is 4.79 Å². The van der Waals surface area contributed by atoms with E-state index in [1.54, 1.807) is 25.4 Å². The van der Waals surface area contributed by atoms with Crippen LogP contribution in [0.2, 0.25) is 0 Å². The summed E-state index contributed by atoms with van der Waals surface area (Å²) in [5.41, 5.74) is 1.06. The van der Waals surface area contributed by atoms with Gasteiger partial charge in [0.1, 0.15) is 5.69 Å². The summed E-state index contributed by atoms with van der Waals surface area (Å²) >= 11 is 0. The molecule has 6 nitrogen and oxygen atoms in total. The second-order valence-electron chi connectivity index (χ2n) is 2.90. The van der Waals surface area contributed by atoms with Gasteiger partial charge in [-0.15, -0.1) is 0 Å². The van der Waals surface area contributed by atoms with Gasteiger partial charge in [-0.3, -0.25) is 10.1 Å². The topological polar surface area (TPSA) is 83.6 Å². The Morgan fingerprint density at radius 2 is 2.07 bits per heavy atom. The highest BCUT2D eigenvalue weighted by atomic mass is 16.2. The first-order valence-corrected chi connectivity index (χ1v) is 4.35. The number of rotatable bonds is 2. The molecule has 0 saturated carbocycles. The van der Waals surface area contributed by atoms with Crippen molar-refractivity contribution in [3.05, 3.63) is 36.2 Å². The minimum atomic E-state index is -0.319. The second kappa shape index (κ2) is 3.87. The maximum absolute atomic E-state index is 11.6. The maximum atomic E-state index is 11.6. The van der Waals surface area contributed by atoms with Gasteiger partial charge in [0, 0.05) is 18.1 Å². The van der Waals surface area contributed by atoms with E-state index >= 15 is 0 Å². The Morgan fingerprint density at radius 3 is 2.67 bits per heavy atom. The Hall–Kier alpha value is -2.24. The molecular formula is C9H9N5O. The lowest BCUT2D eigenvalue weighted by Crippen LogP contribution is -2.15. The second-order valence-corrected chi connectivity index (χ2v) is 2.90. The fraction of sp³-hybridized carbons (Fsp3) is 0.111. The van der Waals surface area contributed by atoms with E-state index in [0.29, 0.717) is 11.4 Å². The summed E-state index contributed by atoms with van der Waals surface area (Å²) in [6.45, 7) is 1.77. The van der Waals surface area contributed by atoms with Crippen LogP contribution in [-0.4, -0.2) is 25.8 Å². The predicted molar refractivity (Wildman–Crippen MR) is 53.3 cm³/mol. The molecule has 0 aliphatic heterocycles. The number of carbonyl (C=O) groups excluding carboxylic acids is 1. The number of amides is 1. The maximum Gasteiger partial charge on any atom is 0.278 e. The molecule has 1 amide bonds. The van der Waals surface area contributed by atoms with Gasteiger partial charge in [-0.05, 0) is 13.0 Å². The normalized spacial score (nSPS) is 9.93. The van der Waals surface area contributed by atoms with Crippen LogP contribution in [0.3, 0.4) is 0 Å². The van der Waals surface area contributed by atoms with Crippen molar-refractivity contribution in [1.82, 2.24) is 19.9 Å².